The average molecular weight is 259 g/mol. The van der Waals surface area contributed by atoms with E-state index in [2.05, 4.69) is 0 Å². The lowest BCUT2D eigenvalue weighted by Crippen LogP contribution is -2.19. The lowest BCUT2D eigenvalue weighted by molar-refractivity contribution is 0.0527. The van der Waals surface area contributed by atoms with Gasteiger partial charge in [-0.3, -0.25) is 0 Å². The first-order chi connectivity index (χ1) is 7.56. The fourth-order valence-corrected chi connectivity index (χ4v) is 1.52. The summed E-state index contributed by atoms with van der Waals surface area (Å²) in [5.41, 5.74) is 13.4. The van der Waals surface area contributed by atoms with Crippen LogP contribution in [0, 0.1) is 0 Å². The molecule has 0 saturated carbocycles. The second-order valence-electron chi connectivity index (χ2n) is 3.78. The van der Waals surface area contributed by atoms with Crippen molar-refractivity contribution in [3.63, 3.8) is 0 Å². The van der Waals surface area contributed by atoms with E-state index in [9.17, 15) is 4.79 Å². The van der Waals surface area contributed by atoms with Crippen LogP contribution in [0.3, 0.4) is 0 Å². The Morgan fingerprint density at radius 3 is 2.65 bits per heavy atom. The summed E-state index contributed by atoms with van der Waals surface area (Å²) in [4.78, 5) is 11.6. The number of hydrogen-bond acceptors (Lipinski definition) is 4. The van der Waals surface area contributed by atoms with Crippen LogP contribution >= 0.6 is 12.4 Å². The summed E-state index contributed by atoms with van der Waals surface area (Å²) < 4.78 is 4.92. The minimum Gasteiger partial charge on any atom is -0.462 e. The number of halogens is 1. The highest BCUT2D eigenvalue weighted by Gasteiger charge is 2.13. The topological polar surface area (TPSA) is 78.3 Å². The number of hydrogen-bond donors (Lipinski definition) is 2. The zero-order valence-electron chi connectivity index (χ0n) is 10.1. The van der Waals surface area contributed by atoms with Crippen LogP contribution in [0.1, 0.15) is 29.8 Å². The van der Waals surface area contributed by atoms with Crippen LogP contribution in [0.15, 0.2) is 18.2 Å². The van der Waals surface area contributed by atoms with Gasteiger partial charge in [-0.2, -0.15) is 0 Å². The number of benzene rings is 1. The van der Waals surface area contributed by atoms with E-state index in [0.717, 1.165) is 5.56 Å². The maximum Gasteiger partial charge on any atom is 0.340 e. The van der Waals surface area contributed by atoms with Gasteiger partial charge < -0.3 is 16.2 Å². The van der Waals surface area contributed by atoms with Gasteiger partial charge in [0.15, 0.2) is 0 Å². The molecular formula is C12H19ClN2O2. The summed E-state index contributed by atoms with van der Waals surface area (Å²) in [5.74, 6) is -0.383. The molecule has 0 aliphatic heterocycles. The highest BCUT2D eigenvalue weighted by atomic mass is 35.5. The van der Waals surface area contributed by atoms with Crippen molar-refractivity contribution in [2.24, 2.45) is 5.73 Å². The van der Waals surface area contributed by atoms with Gasteiger partial charge in [-0.15, -0.1) is 12.4 Å². The molecule has 0 bridgehead atoms. The number of rotatable bonds is 4. The van der Waals surface area contributed by atoms with Crippen molar-refractivity contribution in [3.05, 3.63) is 29.3 Å². The molecule has 96 valence electrons. The zero-order chi connectivity index (χ0) is 12.1. The van der Waals surface area contributed by atoms with Crippen molar-refractivity contribution in [2.45, 2.75) is 26.3 Å². The smallest absolute Gasteiger partial charge is 0.340 e. The van der Waals surface area contributed by atoms with E-state index >= 15 is 0 Å². The summed E-state index contributed by atoms with van der Waals surface area (Å²) in [6.07, 6.45) is 0.652. The van der Waals surface area contributed by atoms with Crippen LogP contribution in [0.4, 0.5) is 5.69 Å². The van der Waals surface area contributed by atoms with Gasteiger partial charge in [0.2, 0.25) is 0 Å². The summed E-state index contributed by atoms with van der Waals surface area (Å²) in [6, 6.07) is 5.35. The molecule has 1 aromatic carbocycles. The van der Waals surface area contributed by atoms with Crippen molar-refractivity contribution >= 4 is 24.1 Å². The summed E-state index contributed by atoms with van der Waals surface area (Å²) in [5, 5.41) is 0. The normalized spacial score (nSPS) is 11.5. The molecular weight excluding hydrogens is 240 g/mol. The lowest BCUT2D eigenvalue weighted by Gasteiger charge is -2.11. The van der Waals surface area contributed by atoms with Crippen LogP contribution in [0.2, 0.25) is 0 Å². The molecule has 0 amide bonds. The molecule has 4 nitrogen and oxygen atoms in total. The van der Waals surface area contributed by atoms with Gasteiger partial charge in [0.25, 0.3) is 0 Å². The van der Waals surface area contributed by atoms with Gasteiger partial charge in [-0.05, 0) is 31.9 Å². The number of carbonyl (C=O) groups excluding carboxylic acids is 1. The number of anilines is 1. The van der Waals surface area contributed by atoms with Gasteiger partial charge in [0, 0.05) is 11.7 Å². The zero-order valence-corrected chi connectivity index (χ0v) is 10.9. The van der Waals surface area contributed by atoms with E-state index in [1.807, 2.05) is 13.0 Å². The molecule has 0 spiro atoms. The Balaban J connectivity index is 0.00000256. The molecule has 1 aromatic rings. The lowest BCUT2D eigenvalue weighted by atomic mass is 10.0. The summed E-state index contributed by atoms with van der Waals surface area (Å²) in [7, 11) is 0. The molecule has 0 aliphatic carbocycles. The Bertz CT molecular complexity index is 381. The minimum absolute atomic E-state index is 0. The SMILES string of the molecule is CCOC(=O)c1cccc(CC(C)N)c1N.Cl. The highest BCUT2D eigenvalue weighted by Crippen LogP contribution is 2.19. The molecule has 0 saturated heterocycles. The van der Waals surface area contributed by atoms with E-state index in [0.29, 0.717) is 24.3 Å². The number of esters is 1. The first kappa shape index (κ1) is 15.7. The molecule has 5 heteroatoms. The summed E-state index contributed by atoms with van der Waals surface area (Å²) >= 11 is 0. The molecule has 0 radical (unpaired) electrons. The molecule has 1 unspecified atom stereocenters. The third kappa shape index (κ3) is 4.24. The third-order valence-corrected chi connectivity index (χ3v) is 2.23. The van der Waals surface area contributed by atoms with Gasteiger partial charge in [-0.25, -0.2) is 4.79 Å². The van der Waals surface area contributed by atoms with Crippen molar-refractivity contribution < 1.29 is 9.53 Å². The van der Waals surface area contributed by atoms with Crippen LogP contribution in [0.25, 0.3) is 0 Å². The minimum atomic E-state index is -0.383. The Hall–Kier alpha value is -1.26. The van der Waals surface area contributed by atoms with Crippen molar-refractivity contribution in [2.75, 3.05) is 12.3 Å². The molecule has 0 aliphatic rings. The Morgan fingerprint density at radius 1 is 1.47 bits per heavy atom. The Labute approximate surface area is 108 Å². The van der Waals surface area contributed by atoms with Gasteiger partial charge >= 0.3 is 5.97 Å². The number of nitrogens with two attached hydrogens (primary N) is 2. The highest BCUT2D eigenvalue weighted by molar-refractivity contribution is 5.95. The van der Waals surface area contributed by atoms with Gasteiger partial charge in [0.05, 0.1) is 12.2 Å². The molecule has 1 rings (SSSR count). The number of para-hydroxylation sites is 1. The Morgan fingerprint density at radius 2 is 2.12 bits per heavy atom. The van der Waals surface area contributed by atoms with Crippen molar-refractivity contribution in [1.29, 1.82) is 0 Å². The van der Waals surface area contributed by atoms with Crippen LogP contribution in [0.5, 0.6) is 0 Å². The largest absolute Gasteiger partial charge is 0.462 e. The Kier molecular flexibility index (Phi) is 6.61. The standard InChI is InChI=1S/C12H18N2O2.ClH/c1-3-16-12(15)10-6-4-5-9(11(10)14)7-8(2)13;/h4-6,8H,3,7,13-14H2,1-2H3;1H. The molecule has 0 heterocycles. The molecule has 0 aromatic heterocycles. The second kappa shape index (κ2) is 7.14. The van der Waals surface area contributed by atoms with E-state index in [4.69, 9.17) is 16.2 Å². The predicted octanol–water partition coefficient (Wildman–Crippen LogP) is 1.76. The average Bonchev–Trinajstić information content (AvgIpc) is 2.21. The van der Waals surface area contributed by atoms with Gasteiger partial charge in [0.1, 0.15) is 0 Å². The predicted molar refractivity (Wildman–Crippen MR) is 71.4 cm³/mol. The van der Waals surface area contributed by atoms with Crippen molar-refractivity contribution in [1.82, 2.24) is 0 Å². The maximum absolute atomic E-state index is 11.6. The number of carbonyl (C=O) groups is 1. The third-order valence-electron chi connectivity index (χ3n) is 2.23. The van der Waals surface area contributed by atoms with Crippen molar-refractivity contribution in [3.8, 4) is 0 Å². The first-order valence-electron chi connectivity index (χ1n) is 5.36. The van der Waals surface area contributed by atoms with Crippen LogP contribution < -0.4 is 11.5 Å². The van der Waals surface area contributed by atoms with Crippen LogP contribution in [-0.4, -0.2) is 18.6 Å². The van der Waals surface area contributed by atoms with E-state index in [1.165, 1.54) is 0 Å². The van der Waals surface area contributed by atoms with Crippen LogP contribution in [-0.2, 0) is 11.2 Å². The second-order valence-corrected chi connectivity index (χ2v) is 3.78. The number of nitrogen functional groups attached to an aromatic ring is 1. The number of ether oxygens (including phenoxy) is 1. The quantitative estimate of drug-likeness (QED) is 0.637. The molecule has 0 fully saturated rings. The molecule has 17 heavy (non-hydrogen) atoms. The van der Waals surface area contributed by atoms with E-state index in [1.54, 1.807) is 19.1 Å². The maximum atomic E-state index is 11.6. The fraction of sp³-hybridized carbons (Fsp3) is 0.417. The van der Waals surface area contributed by atoms with E-state index in [-0.39, 0.29) is 24.4 Å². The first-order valence-corrected chi connectivity index (χ1v) is 5.36. The van der Waals surface area contributed by atoms with Gasteiger partial charge in [-0.1, -0.05) is 12.1 Å². The summed E-state index contributed by atoms with van der Waals surface area (Å²) in [6.45, 7) is 4.01. The fourth-order valence-electron chi connectivity index (χ4n) is 1.52. The molecule has 4 N–H and O–H groups in total. The monoisotopic (exact) mass is 258 g/mol. The molecule has 1 atom stereocenters. The van der Waals surface area contributed by atoms with E-state index < -0.39 is 0 Å².